The molecule has 0 unspecified atom stereocenters. The Morgan fingerprint density at radius 2 is 2.05 bits per heavy atom. The Morgan fingerprint density at radius 3 is 2.59 bits per heavy atom. The predicted octanol–water partition coefficient (Wildman–Crippen LogP) is 2.59. The van der Waals surface area contributed by atoms with Gasteiger partial charge in [0, 0.05) is 18.2 Å². The quantitative estimate of drug-likeness (QED) is 0.674. The lowest BCUT2D eigenvalue weighted by Gasteiger charge is -2.10. The van der Waals surface area contributed by atoms with Crippen LogP contribution in [0.5, 0.6) is 0 Å². The molecular formula is C16H18ClN3O2. The summed E-state index contributed by atoms with van der Waals surface area (Å²) >= 11 is 6.07. The fourth-order valence-electron chi connectivity index (χ4n) is 1.84. The molecule has 1 fully saturated rings. The summed E-state index contributed by atoms with van der Waals surface area (Å²) in [5.41, 5.74) is 7.09. The highest BCUT2D eigenvalue weighted by Crippen LogP contribution is 2.36. The monoisotopic (exact) mass is 319 g/mol. The van der Waals surface area contributed by atoms with Crippen molar-refractivity contribution in [2.75, 3.05) is 0 Å². The summed E-state index contributed by atoms with van der Waals surface area (Å²) in [6, 6.07) is 9.57. The summed E-state index contributed by atoms with van der Waals surface area (Å²) in [7, 11) is 0. The number of rotatable bonds is 7. The van der Waals surface area contributed by atoms with Gasteiger partial charge in [-0.25, -0.2) is 9.79 Å². The number of aliphatic carboxylic acids is 1. The van der Waals surface area contributed by atoms with Gasteiger partial charge >= 0.3 is 5.97 Å². The van der Waals surface area contributed by atoms with Crippen LogP contribution in [0.25, 0.3) is 0 Å². The molecule has 0 amide bonds. The minimum Gasteiger partial charge on any atom is -0.476 e. The van der Waals surface area contributed by atoms with Crippen LogP contribution in [-0.2, 0) is 11.3 Å². The van der Waals surface area contributed by atoms with E-state index < -0.39 is 5.97 Å². The molecular weight excluding hydrogens is 302 g/mol. The van der Waals surface area contributed by atoms with Gasteiger partial charge in [-0.3, -0.25) is 0 Å². The van der Waals surface area contributed by atoms with Gasteiger partial charge in [0.15, 0.2) is 5.71 Å². The van der Waals surface area contributed by atoms with Gasteiger partial charge in [-0.15, -0.1) is 0 Å². The summed E-state index contributed by atoms with van der Waals surface area (Å²) in [5.74, 6) is -0.885. The van der Waals surface area contributed by atoms with Crippen LogP contribution < -0.4 is 11.1 Å². The molecule has 22 heavy (non-hydrogen) atoms. The highest BCUT2D eigenvalue weighted by Gasteiger charge is 2.26. The molecule has 6 heteroatoms. The largest absolute Gasteiger partial charge is 0.476 e. The average Bonchev–Trinajstić information content (AvgIpc) is 3.35. The standard InChI is InChI=1S/C16H18ClN3O2/c1-10(12-7-8-12)20-14(16(21)22)13(17)15(18)19-9-11-5-3-2-4-6-11/h2-6,12,19H,1,7-9,18H2,(H,21,22)/b15-13-,20-14+. The third-order valence-corrected chi connectivity index (χ3v) is 3.66. The number of carbonyl (C=O) groups is 1. The molecule has 0 radical (unpaired) electrons. The Bertz CT molecular complexity index is 634. The summed E-state index contributed by atoms with van der Waals surface area (Å²) in [6.45, 7) is 4.22. The van der Waals surface area contributed by atoms with E-state index in [1.165, 1.54) is 0 Å². The van der Waals surface area contributed by atoms with Crippen LogP contribution in [0.4, 0.5) is 0 Å². The predicted molar refractivity (Wildman–Crippen MR) is 87.3 cm³/mol. The second-order valence-electron chi connectivity index (χ2n) is 5.10. The summed E-state index contributed by atoms with van der Waals surface area (Å²) in [4.78, 5) is 15.4. The first kappa shape index (κ1) is 16.1. The molecule has 5 nitrogen and oxygen atoms in total. The number of hydrogen-bond donors (Lipinski definition) is 3. The first-order chi connectivity index (χ1) is 10.5. The fourth-order valence-corrected chi connectivity index (χ4v) is 2.03. The number of carboxylic acids is 1. The fraction of sp³-hybridized carbons (Fsp3) is 0.250. The zero-order chi connectivity index (χ0) is 16.1. The van der Waals surface area contributed by atoms with Crippen molar-refractivity contribution in [3.8, 4) is 0 Å². The van der Waals surface area contributed by atoms with E-state index in [-0.39, 0.29) is 22.5 Å². The van der Waals surface area contributed by atoms with Gasteiger partial charge in [0.05, 0.1) is 0 Å². The molecule has 0 aromatic heterocycles. The molecule has 0 atom stereocenters. The smallest absolute Gasteiger partial charge is 0.356 e. The number of hydrogen-bond acceptors (Lipinski definition) is 4. The second kappa shape index (κ2) is 7.13. The van der Waals surface area contributed by atoms with E-state index in [9.17, 15) is 9.90 Å². The number of nitrogens with one attached hydrogen (secondary N) is 1. The maximum absolute atomic E-state index is 11.3. The number of carboxylic acid groups (broad SMARTS) is 1. The van der Waals surface area contributed by atoms with Crippen LogP contribution in [-0.4, -0.2) is 16.8 Å². The van der Waals surface area contributed by atoms with Crippen molar-refractivity contribution in [1.82, 2.24) is 5.32 Å². The Labute approximate surface area is 134 Å². The lowest BCUT2D eigenvalue weighted by Crippen LogP contribution is -2.25. The van der Waals surface area contributed by atoms with E-state index >= 15 is 0 Å². The van der Waals surface area contributed by atoms with Crippen LogP contribution in [0, 0.1) is 5.92 Å². The number of aliphatic imine (C=N–C) groups is 1. The van der Waals surface area contributed by atoms with E-state index in [0.29, 0.717) is 12.2 Å². The Hall–Kier alpha value is -2.27. The normalized spacial score (nSPS) is 16.0. The summed E-state index contributed by atoms with van der Waals surface area (Å²) < 4.78 is 0. The number of allylic oxidation sites excluding steroid dienone is 1. The molecule has 1 aliphatic rings. The van der Waals surface area contributed by atoms with Crippen molar-refractivity contribution < 1.29 is 9.90 Å². The van der Waals surface area contributed by atoms with Crippen LogP contribution in [0.1, 0.15) is 18.4 Å². The zero-order valence-corrected chi connectivity index (χ0v) is 12.8. The van der Waals surface area contributed by atoms with Gasteiger partial charge in [-0.1, -0.05) is 48.5 Å². The highest BCUT2D eigenvalue weighted by atomic mass is 35.5. The molecule has 1 aliphatic carbocycles. The molecule has 1 saturated carbocycles. The SMILES string of the molecule is C=C(/N=C(C(=O)O)\C(Cl)=C(/N)NCc1ccccc1)C1CC1. The third kappa shape index (κ3) is 4.36. The first-order valence-corrected chi connectivity index (χ1v) is 7.31. The van der Waals surface area contributed by atoms with E-state index in [4.69, 9.17) is 17.3 Å². The molecule has 0 bridgehead atoms. The summed E-state index contributed by atoms with van der Waals surface area (Å²) in [5, 5.41) is 12.1. The molecule has 2 rings (SSSR count). The van der Waals surface area contributed by atoms with Crippen molar-refractivity contribution in [3.63, 3.8) is 0 Å². The van der Waals surface area contributed by atoms with Crippen LogP contribution in [0.2, 0.25) is 0 Å². The van der Waals surface area contributed by atoms with Gasteiger partial charge in [-0.05, 0) is 18.4 Å². The molecule has 0 saturated heterocycles. The van der Waals surface area contributed by atoms with E-state index in [2.05, 4.69) is 16.9 Å². The van der Waals surface area contributed by atoms with Crippen molar-refractivity contribution in [1.29, 1.82) is 0 Å². The molecule has 116 valence electrons. The van der Waals surface area contributed by atoms with Gasteiger partial charge in [0.1, 0.15) is 10.9 Å². The van der Waals surface area contributed by atoms with Crippen molar-refractivity contribution in [3.05, 3.63) is 59.0 Å². The lowest BCUT2D eigenvalue weighted by molar-refractivity contribution is -0.129. The van der Waals surface area contributed by atoms with Crippen LogP contribution in [0.3, 0.4) is 0 Å². The number of nitrogens with two attached hydrogens (primary N) is 1. The van der Waals surface area contributed by atoms with Gasteiger partial charge in [0.2, 0.25) is 0 Å². The van der Waals surface area contributed by atoms with Gasteiger partial charge < -0.3 is 16.2 Å². The number of nitrogens with zero attached hydrogens (tertiary/aromatic N) is 1. The van der Waals surface area contributed by atoms with Gasteiger partial charge in [-0.2, -0.15) is 0 Å². The van der Waals surface area contributed by atoms with E-state index in [1.807, 2.05) is 30.3 Å². The van der Waals surface area contributed by atoms with Crippen molar-refractivity contribution in [2.45, 2.75) is 19.4 Å². The van der Waals surface area contributed by atoms with Crippen molar-refractivity contribution >= 4 is 23.3 Å². The maximum Gasteiger partial charge on any atom is 0.356 e. The first-order valence-electron chi connectivity index (χ1n) is 6.93. The van der Waals surface area contributed by atoms with Crippen LogP contribution >= 0.6 is 11.6 Å². The Morgan fingerprint density at radius 1 is 1.41 bits per heavy atom. The van der Waals surface area contributed by atoms with E-state index in [1.54, 1.807) is 0 Å². The molecule has 1 aromatic rings. The minimum atomic E-state index is -1.23. The summed E-state index contributed by atoms with van der Waals surface area (Å²) in [6.07, 6.45) is 1.97. The van der Waals surface area contributed by atoms with E-state index in [0.717, 1.165) is 18.4 Å². The second-order valence-corrected chi connectivity index (χ2v) is 5.48. The van der Waals surface area contributed by atoms with Crippen LogP contribution in [0.15, 0.2) is 58.5 Å². The van der Waals surface area contributed by atoms with Gasteiger partial charge in [0.25, 0.3) is 0 Å². The highest BCUT2D eigenvalue weighted by molar-refractivity contribution is 6.58. The molecule has 0 heterocycles. The minimum absolute atomic E-state index is 0.0790. The number of benzene rings is 1. The molecule has 1 aromatic carbocycles. The Balaban J connectivity index is 2.11. The Kier molecular flexibility index (Phi) is 5.22. The zero-order valence-electron chi connectivity index (χ0n) is 12.1. The maximum atomic E-state index is 11.3. The molecule has 4 N–H and O–H groups in total. The molecule has 0 spiro atoms. The third-order valence-electron chi connectivity index (χ3n) is 3.28. The topological polar surface area (TPSA) is 87.7 Å². The lowest BCUT2D eigenvalue weighted by atomic mass is 10.2. The molecule has 0 aliphatic heterocycles. The average molecular weight is 320 g/mol. The number of halogens is 1. The van der Waals surface area contributed by atoms with Crippen molar-refractivity contribution in [2.24, 2.45) is 16.6 Å².